The van der Waals surface area contributed by atoms with Gasteiger partial charge in [0.15, 0.2) is 5.82 Å². The van der Waals surface area contributed by atoms with Crippen LogP contribution in [0.4, 0.5) is 8.78 Å². The molecule has 0 saturated heterocycles. The third-order valence-electron chi connectivity index (χ3n) is 3.02. The van der Waals surface area contributed by atoms with Gasteiger partial charge in [-0.3, -0.25) is 9.59 Å². The van der Waals surface area contributed by atoms with Crippen LogP contribution in [0.5, 0.6) is 5.88 Å². The number of carbonyl (C=O) groups excluding carboxylic acids is 2. The topological polar surface area (TPSA) is 121 Å². The largest absolute Gasteiger partial charge is 0.419 e. The van der Waals surface area contributed by atoms with Crippen molar-refractivity contribution in [1.29, 1.82) is 5.26 Å². The Morgan fingerprint density at radius 3 is 2.37 bits per heavy atom. The molecule has 10 nitrogen and oxygen atoms in total. The van der Waals surface area contributed by atoms with Gasteiger partial charge in [-0.2, -0.15) is 19.1 Å². The lowest BCUT2D eigenvalue weighted by Crippen LogP contribution is -2.19. The number of halogens is 3. The minimum atomic E-state index is -3.16. The molecule has 13 heteroatoms. The van der Waals surface area contributed by atoms with Crippen LogP contribution in [0.15, 0.2) is 6.20 Å². The normalized spacial score (nSPS) is 10.8. The van der Waals surface area contributed by atoms with E-state index < -0.39 is 30.7 Å². The molecule has 0 fully saturated rings. The van der Waals surface area contributed by atoms with Crippen molar-refractivity contribution in [2.75, 3.05) is 0 Å². The lowest BCUT2D eigenvalue weighted by Gasteiger charge is -2.17. The summed E-state index contributed by atoms with van der Waals surface area (Å²) in [5.74, 6) is -2.30. The van der Waals surface area contributed by atoms with E-state index in [1.165, 1.54) is 7.05 Å². The maximum absolute atomic E-state index is 12.5. The number of hydrogen-bond donors (Lipinski definition) is 0. The summed E-state index contributed by atoms with van der Waals surface area (Å²) in [6.07, 6.45) is -0.566. The average Bonchev–Trinajstić information content (AvgIpc) is 3.09. The maximum atomic E-state index is 12.5. The van der Waals surface area contributed by atoms with Gasteiger partial charge in [0.25, 0.3) is 6.29 Å². The van der Waals surface area contributed by atoms with Crippen molar-refractivity contribution in [3.05, 3.63) is 22.5 Å². The smallest absolute Gasteiger partial charge is 0.388 e. The van der Waals surface area contributed by atoms with Crippen LogP contribution >= 0.6 is 11.6 Å². The van der Waals surface area contributed by atoms with E-state index in [-0.39, 0.29) is 22.1 Å². The third kappa shape index (κ3) is 4.32. The molecule has 2 aromatic heterocycles. The number of nitrogens with zero attached hydrogens (tertiary/aromatic N) is 5. The minimum absolute atomic E-state index is 0.124. The summed E-state index contributed by atoms with van der Waals surface area (Å²) < 4.78 is 41.1. The Labute approximate surface area is 155 Å². The van der Waals surface area contributed by atoms with E-state index in [4.69, 9.17) is 21.1 Å². The van der Waals surface area contributed by atoms with Crippen LogP contribution in [0.25, 0.3) is 5.82 Å². The summed E-state index contributed by atoms with van der Waals surface area (Å²) in [6.45, 7) is -1.04. The van der Waals surface area contributed by atoms with Crippen molar-refractivity contribution < 1.29 is 32.6 Å². The van der Waals surface area contributed by atoms with Gasteiger partial charge in [0.1, 0.15) is 22.3 Å². The lowest BCUT2D eigenvalue weighted by atomic mass is 10.2. The number of aromatic nitrogens is 4. The Morgan fingerprint density at radius 2 is 1.89 bits per heavy atom. The first-order valence-corrected chi connectivity index (χ1v) is 7.53. The van der Waals surface area contributed by atoms with Gasteiger partial charge in [0.05, 0.1) is 6.20 Å². The minimum Gasteiger partial charge on any atom is -0.419 e. The van der Waals surface area contributed by atoms with Crippen molar-refractivity contribution in [3.8, 4) is 17.8 Å². The number of alkyl halides is 2. The van der Waals surface area contributed by atoms with Gasteiger partial charge in [-0.1, -0.05) is 11.6 Å². The van der Waals surface area contributed by atoms with Crippen LogP contribution in [0.2, 0.25) is 5.02 Å². The van der Waals surface area contributed by atoms with Gasteiger partial charge in [-0.05, 0) is 0 Å². The molecule has 0 N–H and O–H groups in total. The summed E-state index contributed by atoms with van der Waals surface area (Å²) >= 11 is 6.05. The SMILES string of the molecule is CC(=O)OC(OC(C)=O)c1c(C#N)cnn1-c1nn(C)c(OC(F)F)c1Cl. The van der Waals surface area contributed by atoms with Crippen molar-refractivity contribution >= 4 is 23.5 Å². The molecule has 0 spiro atoms. The predicted octanol–water partition coefficient (Wildman–Crippen LogP) is 1.86. The summed E-state index contributed by atoms with van der Waals surface area (Å²) in [6, 6.07) is 1.79. The molecule has 0 aromatic carbocycles. The average molecular weight is 404 g/mol. The van der Waals surface area contributed by atoms with E-state index in [2.05, 4.69) is 14.9 Å². The van der Waals surface area contributed by atoms with Gasteiger partial charge in [-0.25, -0.2) is 9.36 Å². The number of aryl methyl sites for hydroxylation is 1. The van der Waals surface area contributed by atoms with Crippen LogP contribution in [-0.2, 0) is 26.1 Å². The van der Waals surface area contributed by atoms with Gasteiger partial charge in [0.2, 0.25) is 5.88 Å². The molecule has 0 amide bonds. The summed E-state index contributed by atoms with van der Waals surface area (Å²) in [7, 11) is 1.29. The third-order valence-corrected chi connectivity index (χ3v) is 3.35. The quantitative estimate of drug-likeness (QED) is 0.529. The van der Waals surface area contributed by atoms with Crippen molar-refractivity contribution in [2.45, 2.75) is 26.7 Å². The Bertz CT molecular complexity index is 904. The number of esters is 2. The van der Waals surface area contributed by atoms with Crippen LogP contribution in [0.3, 0.4) is 0 Å². The van der Waals surface area contributed by atoms with Crippen LogP contribution in [0.1, 0.15) is 31.4 Å². The second-order valence-electron chi connectivity index (χ2n) is 4.96. The Hall–Kier alpha value is -3.20. The molecule has 2 rings (SSSR count). The Balaban J connectivity index is 2.63. The van der Waals surface area contributed by atoms with Crippen molar-refractivity contribution in [2.24, 2.45) is 7.05 Å². The number of carbonyl (C=O) groups is 2. The van der Waals surface area contributed by atoms with E-state index in [9.17, 15) is 23.6 Å². The molecule has 0 atom stereocenters. The monoisotopic (exact) mass is 403 g/mol. The van der Waals surface area contributed by atoms with Crippen LogP contribution < -0.4 is 4.74 Å². The highest BCUT2D eigenvalue weighted by atomic mass is 35.5. The fraction of sp³-hybridized carbons (Fsp3) is 0.357. The molecule has 27 heavy (non-hydrogen) atoms. The highest BCUT2D eigenvalue weighted by Gasteiger charge is 2.31. The van der Waals surface area contributed by atoms with E-state index in [1.807, 2.05) is 0 Å². The molecule has 0 aliphatic rings. The van der Waals surface area contributed by atoms with E-state index in [0.717, 1.165) is 29.4 Å². The first-order chi connectivity index (χ1) is 12.6. The molecule has 0 aliphatic carbocycles. The second kappa shape index (κ2) is 8.00. The predicted molar refractivity (Wildman–Crippen MR) is 83.0 cm³/mol. The molecule has 0 saturated carbocycles. The molecule has 0 aliphatic heterocycles. The number of ether oxygens (including phenoxy) is 3. The van der Waals surface area contributed by atoms with E-state index in [0.29, 0.717) is 0 Å². The molecular weight excluding hydrogens is 392 g/mol. The zero-order valence-corrected chi connectivity index (χ0v) is 14.9. The second-order valence-corrected chi connectivity index (χ2v) is 5.34. The Kier molecular flexibility index (Phi) is 5.96. The maximum Gasteiger partial charge on any atom is 0.388 e. The Morgan fingerprint density at radius 1 is 1.30 bits per heavy atom. The highest BCUT2D eigenvalue weighted by Crippen LogP contribution is 2.34. The molecule has 2 aromatic rings. The molecule has 0 bridgehead atoms. The van der Waals surface area contributed by atoms with Crippen molar-refractivity contribution in [1.82, 2.24) is 19.6 Å². The number of hydrogen-bond acceptors (Lipinski definition) is 8. The van der Waals surface area contributed by atoms with Gasteiger partial charge in [0, 0.05) is 20.9 Å². The van der Waals surface area contributed by atoms with Crippen molar-refractivity contribution in [3.63, 3.8) is 0 Å². The van der Waals surface area contributed by atoms with Crippen LogP contribution in [-0.4, -0.2) is 38.1 Å². The standard InChI is InChI=1S/C14H12ClF2N5O5/c1-6(23)25-13(26-7(2)24)10-8(4-18)5-19-22(10)11-9(15)12(21(3)20-11)27-14(16)17/h5,13-14H,1-3H3. The zero-order chi connectivity index (χ0) is 20.3. The fourth-order valence-corrected chi connectivity index (χ4v) is 2.38. The summed E-state index contributed by atoms with van der Waals surface area (Å²) in [5.41, 5.74) is -0.313. The molecule has 0 unspecified atom stereocenters. The molecule has 2 heterocycles. The zero-order valence-electron chi connectivity index (χ0n) is 14.1. The fourth-order valence-electron chi connectivity index (χ4n) is 2.09. The highest BCUT2D eigenvalue weighted by molar-refractivity contribution is 6.33. The van der Waals surface area contributed by atoms with Gasteiger partial charge in [-0.15, -0.1) is 5.10 Å². The lowest BCUT2D eigenvalue weighted by molar-refractivity contribution is -0.187. The van der Waals surface area contributed by atoms with E-state index in [1.54, 1.807) is 6.07 Å². The van der Waals surface area contributed by atoms with E-state index >= 15 is 0 Å². The number of rotatable bonds is 6. The number of nitriles is 1. The first-order valence-electron chi connectivity index (χ1n) is 7.15. The first kappa shape index (κ1) is 20.1. The molecule has 144 valence electrons. The molecular formula is C14H12ClF2N5O5. The van der Waals surface area contributed by atoms with Crippen LogP contribution in [0, 0.1) is 11.3 Å². The van der Waals surface area contributed by atoms with Gasteiger partial charge >= 0.3 is 18.6 Å². The summed E-state index contributed by atoms with van der Waals surface area (Å²) in [4.78, 5) is 22.7. The van der Waals surface area contributed by atoms with Gasteiger partial charge < -0.3 is 14.2 Å². The molecule has 0 radical (unpaired) electrons. The summed E-state index contributed by atoms with van der Waals surface area (Å²) in [5, 5.41) is 16.7.